The van der Waals surface area contributed by atoms with Crippen LogP contribution >= 0.6 is 24.8 Å². The van der Waals surface area contributed by atoms with Crippen LogP contribution in [0.1, 0.15) is 31.2 Å². The van der Waals surface area contributed by atoms with E-state index in [1.807, 2.05) is 19.2 Å². The van der Waals surface area contributed by atoms with Gasteiger partial charge in [-0.25, -0.2) is 0 Å². The molecule has 2 aliphatic heterocycles. The highest BCUT2D eigenvalue weighted by Crippen LogP contribution is 2.39. The predicted octanol–water partition coefficient (Wildman–Crippen LogP) is 2.35. The minimum absolute atomic E-state index is 0. The number of rotatable bonds is 4. The molecule has 2 aliphatic rings. The molecule has 0 aliphatic carbocycles. The summed E-state index contributed by atoms with van der Waals surface area (Å²) < 4.78 is 0. The molecule has 1 amide bonds. The second-order valence-electron chi connectivity index (χ2n) is 7.16. The molecule has 1 aromatic rings. The number of carbonyl (C=O) groups excluding carboxylic acids is 1. The second kappa shape index (κ2) is 10.3. The number of carbonyl (C=O) groups is 1. The molecule has 5 nitrogen and oxygen atoms in total. The molecule has 142 valence electrons. The SMILES string of the molecule is CN(CC(=O)N1CCC2(CCNCC2)CC1)Cc1ccncc1.Cl.Cl. The van der Waals surface area contributed by atoms with Crippen LogP contribution in [0.2, 0.25) is 0 Å². The van der Waals surface area contributed by atoms with Crippen LogP contribution in [-0.4, -0.2) is 60.5 Å². The third kappa shape index (κ3) is 6.10. The molecule has 2 saturated heterocycles. The van der Waals surface area contributed by atoms with Gasteiger partial charge in [0.1, 0.15) is 0 Å². The smallest absolute Gasteiger partial charge is 0.236 e. The summed E-state index contributed by atoms with van der Waals surface area (Å²) in [5.41, 5.74) is 1.70. The molecule has 0 atom stereocenters. The van der Waals surface area contributed by atoms with Gasteiger partial charge in [0.05, 0.1) is 6.54 Å². The normalized spacial score (nSPS) is 19.2. The highest BCUT2D eigenvalue weighted by molar-refractivity contribution is 5.85. The molecule has 0 bridgehead atoms. The van der Waals surface area contributed by atoms with Crippen LogP contribution in [0.15, 0.2) is 24.5 Å². The molecular weight excluding hydrogens is 359 g/mol. The maximum atomic E-state index is 12.5. The molecule has 25 heavy (non-hydrogen) atoms. The standard InChI is InChI=1S/C18H28N4O.2ClH/c1-21(14-16-2-8-19-9-3-16)15-17(23)22-12-6-18(7-13-22)4-10-20-11-5-18;;/h2-3,8-9,20H,4-7,10-15H2,1H3;2*1H. The van der Waals surface area contributed by atoms with E-state index >= 15 is 0 Å². The molecule has 0 radical (unpaired) electrons. The first-order chi connectivity index (χ1) is 11.2. The lowest BCUT2D eigenvalue weighted by Crippen LogP contribution is -2.49. The van der Waals surface area contributed by atoms with Gasteiger partial charge in [-0.15, -0.1) is 24.8 Å². The first kappa shape index (κ1) is 22.2. The summed E-state index contributed by atoms with van der Waals surface area (Å²) in [6.45, 7) is 5.43. The molecule has 1 aromatic heterocycles. The van der Waals surface area contributed by atoms with E-state index in [1.165, 1.54) is 31.2 Å². The summed E-state index contributed by atoms with van der Waals surface area (Å²) >= 11 is 0. The van der Waals surface area contributed by atoms with E-state index < -0.39 is 0 Å². The summed E-state index contributed by atoms with van der Waals surface area (Å²) in [5, 5.41) is 3.45. The van der Waals surface area contributed by atoms with Crippen molar-refractivity contribution in [2.45, 2.75) is 32.2 Å². The molecule has 7 heteroatoms. The average Bonchev–Trinajstić information content (AvgIpc) is 2.57. The fourth-order valence-electron chi connectivity index (χ4n) is 3.87. The number of likely N-dealkylation sites (N-methyl/N-ethyl adjacent to an activating group) is 1. The van der Waals surface area contributed by atoms with Gasteiger partial charge < -0.3 is 10.2 Å². The van der Waals surface area contributed by atoms with Crippen LogP contribution in [0.3, 0.4) is 0 Å². The van der Waals surface area contributed by atoms with E-state index in [2.05, 4.69) is 20.1 Å². The Kier molecular flexibility index (Phi) is 9.14. The number of aromatic nitrogens is 1. The Morgan fingerprint density at radius 1 is 1.16 bits per heavy atom. The van der Waals surface area contributed by atoms with Crippen molar-refractivity contribution in [3.05, 3.63) is 30.1 Å². The van der Waals surface area contributed by atoms with E-state index in [-0.39, 0.29) is 30.7 Å². The van der Waals surface area contributed by atoms with Gasteiger partial charge in [-0.2, -0.15) is 0 Å². The van der Waals surface area contributed by atoms with Crippen LogP contribution in [0.25, 0.3) is 0 Å². The molecular formula is C18H30Cl2N4O. The number of likely N-dealkylation sites (tertiary alicyclic amines) is 1. The van der Waals surface area contributed by atoms with Crippen molar-refractivity contribution in [1.82, 2.24) is 20.1 Å². The monoisotopic (exact) mass is 388 g/mol. The highest BCUT2D eigenvalue weighted by atomic mass is 35.5. The van der Waals surface area contributed by atoms with Gasteiger partial charge in [0, 0.05) is 32.0 Å². The first-order valence-corrected chi connectivity index (χ1v) is 8.73. The average molecular weight is 389 g/mol. The number of amides is 1. The van der Waals surface area contributed by atoms with Crippen molar-refractivity contribution in [1.29, 1.82) is 0 Å². The lowest BCUT2D eigenvalue weighted by Gasteiger charge is -2.44. The Bertz CT molecular complexity index is 513. The highest BCUT2D eigenvalue weighted by Gasteiger charge is 2.36. The maximum absolute atomic E-state index is 12.5. The third-order valence-corrected chi connectivity index (χ3v) is 5.45. The lowest BCUT2D eigenvalue weighted by atomic mass is 9.71. The number of hydrogen-bond donors (Lipinski definition) is 1. The number of nitrogens with zero attached hydrogens (tertiary/aromatic N) is 3. The molecule has 3 rings (SSSR count). The van der Waals surface area contributed by atoms with Crippen molar-refractivity contribution in [2.75, 3.05) is 39.8 Å². The number of pyridine rings is 1. The van der Waals surface area contributed by atoms with Gasteiger partial charge in [-0.1, -0.05) is 0 Å². The van der Waals surface area contributed by atoms with Crippen molar-refractivity contribution < 1.29 is 4.79 Å². The van der Waals surface area contributed by atoms with Gasteiger partial charge >= 0.3 is 0 Å². The van der Waals surface area contributed by atoms with E-state index in [9.17, 15) is 4.79 Å². The maximum Gasteiger partial charge on any atom is 0.236 e. The number of hydrogen-bond acceptors (Lipinski definition) is 4. The summed E-state index contributed by atoms with van der Waals surface area (Å²) in [6.07, 6.45) is 8.50. The largest absolute Gasteiger partial charge is 0.342 e. The van der Waals surface area contributed by atoms with Crippen LogP contribution in [-0.2, 0) is 11.3 Å². The Morgan fingerprint density at radius 2 is 1.76 bits per heavy atom. The molecule has 0 unspecified atom stereocenters. The van der Waals surface area contributed by atoms with Gasteiger partial charge in [0.15, 0.2) is 0 Å². The van der Waals surface area contributed by atoms with E-state index in [4.69, 9.17) is 0 Å². The Hall–Kier alpha value is -0.880. The minimum Gasteiger partial charge on any atom is -0.342 e. The summed E-state index contributed by atoms with van der Waals surface area (Å²) in [7, 11) is 2.01. The van der Waals surface area contributed by atoms with E-state index in [1.54, 1.807) is 12.4 Å². The second-order valence-corrected chi connectivity index (χ2v) is 7.16. The van der Waals surface area contributed by atoms with E-state index in [0.717, 1.165) is 32.7 Å². The third-order valence-electron chi connectivity index (χ3n) is 5.45. The van der Waals surface area contributed by atoms with Crippen molar-refractivity contribution in [3.8, 4) is 0 Å². The molecule has 0 aromatic carbocycles. The van der Waals surface area contributed by atoms with Crippen molar-refractivity contribution in [2.24, 2.45) is 5.41 Å². The zero-order valence-electron chi connectivity index (χ0n) is 14.9. The molecule has 3 heterocycles. The quantitative estimate of drug-likeness (QED) is 0.859. The number of halogens is 2. The molecule has 0 saturated carbocycles. The van der Waals surface area contributed by atoms with Gasteiger partial charge in [-0.3, -0.25) is 14.7 Å². The van der Waals surface area contributed by atoms with Crippen LogP contribution < -0.4 is 5.32 Å². The zero-order valence-corrected chi connectivity index (χ0v) is 16.6. The molecule has 1 N–H and O–H groups in total. The molecule has 1 spiro atoms. The summed E-state index contributed by atoms with van der Waals surface area (Å²) in [6, 6.07) is 4.01. The fraction of sp³-hybridized carbons (Fsp3) is 0.667. The fourth-order valence-corrected chi connectivity index (χ4v) is 3.87. The number of nitrogens with one attached hydrogen (secondary N) is 1. The van der Waals surface area contributed by atoms with Crippen LogP contribution in [0.5, 0.6) is 0 Å². The van der Waals surface area contributed by atoms with Crippen LogP contribution in [0.4, 0.5) is 0 Å². The Labute approximate surface area is 163 Å². The van der Waals surface area contributed by atoms with E-state index in [0.29, 0.717) is 12.0 Å². The van der Waals surface area contributed by atoms with Crippen molar-refractivity contribution >= 4 is 30.7 Å². The van der Waals surface area contributed by atoms with Gasteiger partial charge in [0.2, 0.25) is 5.91 Å². The minimum atomic E-state index is 0. The number of piperidine rings is 2. The van der Waals surface area contributed by atoms with Crippen molar-refractivity contribution in [3.63, 3.8) is 0 Å². The first-order valence-electron chi connectivity index (χ1n) is 8.73. The summed E-state index contributed by atoms with van der Waals surface area (Å²) in [4.78, 5) is 20.7. The van der Waals surface area contributed by atoms with Gasteiger partial charge in [0.25, 0.3) is 0 Å². The molecule has 2 fully saturated rings. The lowest BCUT2D eigenvalue weighted by molar-refractivity contribution is -0.134. The topological polar surface area (TPSA) is 48.5 Å². The van der Waals surface area contributed by atoms with Crippen LogP contribution in [0, 0.1) is 5.41 Å². The van der Waals surface area contributed by atoms with Gasteiger partial charge in [-0.05, 0) is 68.9 Å². The Morgan fingerprint density at radius 3 is 2.36 bits per heavy atom. The Balaban J connectivity index is 0.00000156. The predicted molar refractivity (Wildman–Crippen MR) is 105 cm³/mol. The zero-order chi connectivity index (χ0) is 16.1. The summed E-state index contributed by atoms with van der Waals surface area (Å²) in [5.74, 6) is 0.269.